The Hall–Kier alpha value is -2.56. The van der Waals surface area contributed by atoms with Gasteiger partial charge in [0.15, 0.2) is 0 Å². The highest BCUT2D eigenvalue weighted by Gasteiger charge is 2.40. The van der Waals surface area contributed by atoms with E-state index in [0.717, 1.165) is 48.2 Å². The van der Waals surface area contributed by atoms with Gasteiger partial charge in [-0.15, -0.1) is 0 Å². The molecule has 1 saturated carbocycles. The summed E-state index contributed by atoms with van der Waals surface area (Å²) in [6.07, 6.45) is 11.4. The van der Waals surface area contributed by atoms with Gasteiger partial charge in [0.2, 0.25) is 10.0 Å². The zero-order valence-electron chi connectivity index (χ0n) is 24.0. The lowest BCUT2D eigenvalue weighted by Gasteiger charge is -2.33. The van der Waals surface area contributed by atoms with Gasteiger partial charge in [-0.2, -0.15) is 0 Å². The van der Waals surface area contributed by atoms with E-state index in [2.05, 4.69) is 9.62 Å². The quantitative estimate of drug-likeness (QED) is 0.297. The molecule has 224 valence electrons. The van der Waals surface area contributed by atoms with E-state index >= 15 is 0 Å². The number of likely N-dealkylation sites (tertiary alicyclic amines) is 1. The first-order valence-corrected chi connectivity index (χ1v) is 16.4. The number of sulfonamides is 1. The number of rotatable bonds is 14. The molecular formula is C32H44N2O6S. The van der Waals surface area contributed by atoms with E-state index in [1.54, 1.807) is 0 Å². The lowest BCUT2D eigenvalue weighted by molar-refractivity contribution is -0.136. The standard InChI is InChI=1S/C32H44N2O6S/c1-33-41(37,38)24-27-11-6-7-12-28(27)26-16-14-25(15-17-26)23-40-30-19-18-29(34-20-8-2-3-9-21-34)32(30)39-22-10-4-5-13-31(35)36/h4,6-7,10-12,14-17,29-30,32-33H,2-3,5,8-9,13,18-24H2,1H3,(H,35,36)/t29-,30+,32+/m0/s1. The second kappa shape index (κ2) is 15.6. The predicted octanol–water partition coefficient (Wildman–Crippen LogP) is 5.13. The van der Waals surface area contributed by atoms with Crippen LogP contribution in [0.5, 0.6) is 0 Å². The molecule has 2 aromatic rings. The van der Waals surface area contributed by atoms with Gasteiger partial charge < -0.3 is 14.6 Å². The highest BCUT2D eigenvalue weighted by atomic mass is 32.2. The van der Waals surface area contributed by atoms with Gasteiger partial charge in [-0.1, -0.05) is 73.5 Å². The van der Waals surface area contributed by atoms with Gasteiger partial charge in [0.05, 0.1) is 31.2 Å². The van der Waals surface area contributed by atoms with Gasteiger partial charge in [-0.25, -0.2) is 13.1 Å². The second-order valence-electron chi connectivity index (χ2n) is 11.0. The van der Waals surface area contributed by atoms with Gasteiger partial charge >= 0.3 is 5.97 Å². The van der Waals surface area contributed by atoms with Crippen LogP contribution in [0.3, 0.4) is 0 Å². The highest BCUT2D eigenvalue weighted by Crippen LogP contribution is 2.32. The molecule has 0 aromatic heterocycles. The third-order valence-corrected chi connectivity index (χ3v) is 9.39. The Morgan fingerprint density at radius 2 is 1.73 bits per heavy atom. The van der Waals surface area contributed by atoms with E-state index in [-0.39, 0.29) is 24.4 Å². The Balaban J connectivity index is 1.39. The summed E-state index contributed by atoms with van der Waals surface area (Å²) in [5.41, 5.74) is 3.68. The maximum Gasteiger partial charge on any atom is 0.303 e. The SMILES string of the molecule is CNS(=O)(=O)Cc1ccccc1-c1ccc(CO[C@@H]2CC[C@H](N3CCCCCC3)[C@H]2OCC=CCCC(=O)O)cc1. The van der Waals surface area contributed by atoms with Crippen molar-refractivity contribution in [1.29, 1.82) is 0 Å². The number of hydrogen-bond donors (Lipinski definition) is 2. The fourth-order valence-electron chi connectivity index (χ4n) is 5.87. The smallest absolute Gasteiger partial charge is 0.303 e. The Morgan fingerprint density at radius 1 is 1.00 bits per heavy atom. The number of aliphatic carboxylic acids is 1. The third kappa shape index (κ3) is 9.48. The molecular weight excluding hydrogens is 540 g/mol. The molecule has 2 aliphatic rings. The van der Waals surface area contributed by atoms with E-state index in [0.29, 0.717) is 25.7 Å². The maximum absolute atomic E-state index is 12.2. The van der Waals surface area contributed by atoms with Crippen molar-refractivity contribution >= 4 is 16.0 Å². The van der Waals surface area contributed by atoms with Gasteiger partial charge in [-0.05, 0) is 74.5 Å². The summed E-state index contributed by atoms with van der Waals surface area (Å²) in [4.78, 5) is 13.4. The van der Waals surface area contributed by atoms with Crippen LogP contribution in [0.4, 0.5) is 0 Å². The number of benzene rings is 2. The fraction of sp³-hybridized carbons (Fsp3) is 0.531. The van der Waals surface area contributed by atoms with E-state index in [4.69, 9.17) is 14.6 Å². The minimum Gasteiger partial charge on any atom is -0.481 e. The number of nitrogens with one attached hydrogen (secondary N) is 1. The molecule has 1 aliphatic carbocycles. The Morgan fingerprint density at radius 3 is 2.44 bits per heavy atom. The van der Waals surface area contributed by atoms with E-state index in [1.807, 2.05) is 60.7 Å². The van der Waals surface area contributed by atoms with E-state index in [9.17, 15) is 13.2 Å². The number of hydrogen-bond acceptors (Lipinski definition) is 6. The first-order valence-electron chi connectivity index (χ1n) is 14.8. The van der Waals surface area contributed by atoms with Crippen LogP contribution in [-0.4, -0.2) is 69.4 Å². The van der Waals surface area contributed by atoms with Crippen LogP contribution in [-0.2, 0) is 36.7 Å². The summed E-state index contributed by atoms with van der Waals surface area (Å²) in [5, 5.41) is 8.86. The van der Waals surface area contributed by atoms with Crippen molar-refractivity contribution in [2.45, 2.75) is 82.0 Å². The molecule has 2 N–H and O–H groups in total. The number of ether oxygens (including phenoxy) is 2. The Bertz CT molecular complexity index is 1240. The molecule has 1 aliphatic heterocycles. The zero-order chi connectivity index (χ0) is 29.1. The normalized spacial score (nSPS) is 22.2. The third-order valence-electron chi connectivity index (χ3n) is 8.08. The summed E-state index contributed by atoms with van der Waals surface area (Å²) in [7, 11) is -1.95. The summed E-state index contributed by atoms with van der Waals surface area (Å²) in [6.45, 7) is 3.13. The number of carboxylic acid groups (broad SMARTS) is 1. The van der Waals surface area contributed by atoms with Crippen molar-refractivity contribution in [1.82, 2.24) is 9.62 Å². The lowest BCUT2D eigenvalue weighted by atomic mass is 10.00. The van der Waals surface area contributed by atoms with Gasteiger partial charge in [0.1, 0.15) is 0 Å². The molecule has 2 aromatic carbocycles. The van der Waals surface area contributed by atoms with Crippen LogP contribution < -0.4 is 4.72 Å². The van der Waals surface area contributed by atoms with Gasteiger partial charge in [0.25, 0.3) is 0 Å². The monoisotopic (exact) mass is 584 g/mol. The highest BCUT2D eigenvalue weighted by molar-refractivity contribution is 7.88. The second-order valence-corrected chi connectivity index (χ2v) is 12.9. The van der Waals surface area contributed by atoms with Crippen molar-refractivity contribution in [2.75, 3.05) is 26.7 Å². The van der Waals surface area contributed by atoms with Crippen molar-refractivity contribution in [3.63, 3.8) is 0 Å². The first-order chi connectivity index (χ1) is 19.9. The minimum atomic E-state index is -3.38. The van der Waals surface area contributed by atoms with Gasteiger partial charge in [0, 0.05) is 12.5 Å². The number of carbonyl (C=O) groups is 1. The lowest BCUT2D eigenvalue weighted by Crippen LogP contribution is -2.45. The average Bonchev–Trinajstić information content (AvgIpc) is 3.17. The van der Waals surface area contributed by atoms with Crippen molar-refractivity contribution in [2.24, 2.45) is 0 Å². The Labute approximate surface area is 244 Å². The van der Waals surface area contributed by atoms with Crippen LogP contribution in [0.1, 0.15) is 62.5 Å². The average molecular weight is 585 g/mol. The molecule has 41 heavy (non-hydrogen) atoms. The molecule has 1 heterocycles. The zero-order valence-corrected chi connectivity index (χ0v) is 24.9. The van der Waals surface area contributed by atoms with Crippen LogP contribution in [0, 0.1) is 0 Å². The summed E-state index contributed by atoms with van der Waals surface area (Å²) < 4.78 is 39.6. The number of carboxylic acids is 1. The minimum absolute atomic E-state index is 0.0113. The van der Waals surface area contributed by atoms with Crippen molar-refractivity contribution < 1.29 is 27.8 Å². The molecule has 9 heteroatoms. The van der Waals surface area contributed by atoms with Crippen LogP contribution >= 0.6 is 0 Å². The van der Waals surface area contributed by atoms with Crippen molar-refractivity contribution in [3.05, 3.63) is 71.8 Å². The van der Waals surface area contributed by atoms with E-state index < -0.39 is 16.0 Å². The summed E-state index contributed by atoms with van der Waals surface area (Å²) in [6, 6.07) is 16.0. The molecule has 0 unspecified atom stereocenters. The fourth-order valence-corrected chi connectivity index (χ4v) is 6.68. The molecule has 4 rings (SSSR count). The molecule has 0 radical (unpaired) electrons. The largest absolute Gasteiger partial charge is 0.481 e. The van der Waals surface area contributed by atoms with Crippen LogP contribution in [0.25, 0.3) is 11.1 Å². The van der Waals surface area contributed by atoms with Crippen LogP contribution in [0.2, 0.25) is 0 Å². The molecule has 0 spiro atoms. The van der Waals surface area contributed by atoms with E-state index in [1.165, 1.54) is 32.7 Å². The van der Waals surface area contributed by atoms with Gasteiger partial charge in [-0.3, -0.25) is 9.69 Å². The number of allylic oxidation sites excluding steroid dienone is 1. The maximum atomic E-state index is 12.2. The number of nitrogens with zero attached hydrogens (tertiary/aromatic N) is 1. The topological polar surface area (TPSA) is 105 Å². The first kappa shape index (κ1) is 31.4. The Kier molecular flexibility index (Phi) is 11.9. The molecule has 3 atom stereocenters. The molecule has 2 fully saturated rings. The molecule has 0 amide bonds. The molecule has 8 nitrogen and oxygen atoms in total. The summed E-state index contributed by atoms with van der Waals surface area (Å²) in [5.74, 6) is -0.861. The molecule has 1 saturated heterocycles. The summed E-state index contributed by atoms with van der Waals surface area (Å²) >= 11 is 0. The van der Waals surface area contributed by atoms with Crippen molar-refractivity contribution in [3.8, 4) is 11.1 Å². The molecule has 0 bridgehead atoms. The predicted molar refractivity (Wildman–Crippen MR) is 161 cm³/mol. The van der Waals surface area contributed by atoms with Crippen LogP contribution in [0.15, 0.2) is 60.7 Å².